The van der Waals surface area contributed by atoms with Crippen molar-refractivity contribution in [1.82, 2.24) is 15.6 Å². The van der Waals surface area contributed by atoms with Crippen LogP contribution < -0.4 is 20.3 Å². The first-order valence-electron chi connectivity index (χ1n) is 11.5. The van der Waals surface area contributed by atoms with Crippen molar-refractivity contribution in [2.45, 2.75) is 63.7 Å². The molecule has 1 aromatic heterocycles. The number of amides is 2. The second-order valence-electron chi connectivity index (χ2n) is 9.03. The number of carbonyl (C=O) groups excluding carboxylic acids is 2. The number of nitrogens with zero attached hydrogens (tertiary/aromatic N) is 2. The number of hydrogen-bond acceptors (Lipinski definition) is 6. The first kappa shape index (κ1) is 23.0. The topological polar surface area (TPSA) is 104 Å². The Morgan fingerprint density at radius 2 is 1.91 bits per heavy atom. The van der Waals surface area contributed by atoms with Crippen LogP contribution in [-0.2, 0) is 0 Å². The normalized spacial score (nSPS) is 22.5. The second-order valence-corrected chi connectivity index (χ2v) is 9.03. The molecular formula is C25H32N4O4. The van der Waals surface area contributed by atoms with Crippen molar-refractivity contribution in [1.29, 1.82) is 0 Å². The summed E-state index contributed by atoms with van der Waals surface area (Å²) in [6.45, 7) is 3.54. The maximum Gasteiger partial charge on any atom is 0.253 e. The van der Waals surface area contributed by atoms with E-state index in [4.69, 9.17) is 9.84 Å². The molecule has 33 heavy (non-hydrogen) atoms. The highest BCUT2D eigenvalue weighted by Gasteiger charge is 2.42. The molecule has 0 aliphatic carbocycles. The van der Waals surface area contributed by atoms with E-state index in [-0.39, 0.29) is 30.5 Å². The molecule has 2 saturated heterocycles. The van der Waals surface area contributed by atoms with Gasteiger partial charge in [0.25, 0.3) is 11.8 Å². The van der Waals surface area contributed by atoms with Gasteiger partial charge in [-0.1, -0.05) is 6.07 Å². The lowest BCUT2D eigenvalue weighted by atomic mass is 9.96. The van der Waals surface area contributed by atoms with Crippen molar-refractivity contribution in [3.8, 4) is 5.75 Å². The lowest BCUT2D eigenvalue weighted by Gasteiger charge is -2.40. The molecule has 3 N–H and O–H groups in total. The maximum absolute atomic E-state index is 12.9. The Kier molecular flexibility index (Phi) is 6.83. The number of rotatable bonds is 7. The fourth-order valence-electron chi connectivity index (χ4n) is 5.04. The van der Waals surface area contributed by atoms with E-state index in [0.29, 0.717) is 29.0 Å². The highest BCUT2D eigenvalue weighted by molar-refractivity contribution is 5.96. The molecule has 2 aliphatic heterocycles. The fourth-order valence-corrected chi connectivity index (χ4v) is 5.04. The van der Waals surface area contributed by atoms with E-state index < -0.39 is 0 Å². The molecule has 3 heterocycles. The van der Waals surface area contributed by atoms with Gasteiger partial charge in [-0.25, -0.2) is 4.98 Å². The lowest BCUT2D eigenvalue weighted by molar-refractivity contribution is 0.0916. The van der Waals surface area contributed by atoms with Crippen molar-refractivity contribution in [3.05, 3.63) is 53.2 Å². The van der Waals surface area contributed by atoms with Crippen LogP contribution in [0, 0.1) is 6.92 Å². The zero-order chi connectivity index (χ0) is 23.5. The third kappa shape index (κ3) is 4.80. The highest BCUT2D eigenvalue weighted by Crippen LogP contribution is 2.38. The minimum absolute atomic E-state index is 0.0603. The number of carbonyl (C=O) groups is 2. The zero-order valence-electron chi connectivity index (χ0n) is 19.4. The van der Waals surface area contributed by atoms with Crippen LogP contribution in [0.5, 0.6) is 5.75 Å². The molecule has 2 aliphatic rings. The van der Waals surface area contributed by atoms with Crippen molar-refractivity contribution < 1.29 is 19.4 Å². The van der Waals surface area contributed by atoms with Crippen LogP contribution in [0.3, 0.4) is 0 Å². The monoisotopic (exact) mass is 452 g/mol. The average molecular weight is 453 g/mol. The molecule has 8 heteroatoms. The Hall–Kier alpha value is -3.13. The van der Waals surface area contributed by atoms with Crippen molar-refractivity contribution in [2.75, 3.05) is 18.6 Å². The Balaban J connectivity index is 1.40. The number of nitrogens with one attached hydrogen (secondary N) is 2. The summed E-state index contributed by atoms with van der Waals surface area (Å²) in [7, 11) is 1.61. The quantitative estimate of drug-likeness (QED) is 0.596. The molecule has 8 nitrogen and oxygen atoms in total. The van der Waals surface area contributed by atoms with Crippen LogP contribution >= 0.6 is 0 Å². The number of fused-ring (bicyclic) bond motifs is 2. The number of pyridine rings is 1. The standard InChI is InChI=1S/C25H32N4O4/c1-15(14-30)27-24(31)17-7-10-23(26-13-17)29-19-8-9-20(29)12-18(11-19)28-25(32)21-5-4-6-22(33-3)16(21)2/h4-7,10,13,15,18-20,30H,8-9,11-12,14H2,1-3H3,(H,27,31)(H,28,32)/t15-,18?,19-,20+/m0/s1. The number of ether oxygens (including phenoxy) is 1. The molecule has 2 bridgehead atoms. The SMILES string of the molecule is COc1cccc(C(=O)NC2C[C@H]3CC[C@@H](C2)N3c2ccc(C(=O)N[C@@H](C)CO)cn2)c1C. The van der Waals surface area contributed by atoms with Gasteiger partial charge in [-0.3, -0.25) is 9.59 Å². The van der Waals surface area contributed by atoms with Gasteiger partial charge in [0, 0.05) is 41.5 Å². The van der Waals surface area contributed by atoms with Crippen LogP contribution in [0.15, 0.2) is 36.5 Å². The van der Waals surface area contributed by atoms with Gasteiger partial charge in [-0.05, 0) is 63.8 Å². The minimum atomic E-state index is -0.303. The van der Waals surface area contributed by atoms with E-state index in [1.165, 1.54) is 0 Å². The third-order valence-electron chi connectivity index (χ3n) is 6.74. The number of anilines is 1. The summed E-state index contributed by atoms with van der Waals surface area (Å²) in [6, 6.07) is 9.63. The summed E-state index contributed by atoms with van der Waals surface area (Å²) in [4.78, 5) is 32.1. The molecule has 4 rings (SSSR count). The largest absolute Gasteiger partial charge is 0.496 e. The van der Waals surface area contributed by atoms with Gasteiger partial charge in [0.2, 0.25) is 0 Å². The van der Waals surface area contributed by atoms with Gasteiger partial charge in [0.15, 0.2) is 0 Å². The number of aromatic nitrogens is 1. The predicted octanol–water partition coefficient (Wildman–Crippen LogP) is 2.44. The number of piperidine rings is 1. The lowest BCUT2D eigenvalue weighted by Crippen LogP contribution is -2.50. The van der Waals surface area contributed by atoms with Gasteiger partial charge in [-0.15, -0.1) is 0 Å². The summed E-state index contributed by atoms with van der Waals surface area (Å²) >= 11 is 0. The van der Waals surface area contributed by atoms with E-state index in [2.05, 4.69) is 20.5 Å². The van der Waals surface area contributed by atoms with Crippen LogP contribution in [-0.4, -0.2) is 59.8 Å². The summed E-state index contributed by atoms with van der Waals surface area (Å²) in [5, 5.41) is 15.1. The van der Waals surface area contributed by atoms with Gasteiger partial charge in [0.05, 0.1) is 19.3 Å². The van der Waals surface area contributed by atoms with Crippen LogP contribution in [0.2, 0.25) is 0 Å². The molecule has 1 unspecified atom stereocenters. The molecule has 0 spiro atoms. The van der Waals surface area contributed by atoms with E-state index in [0.717, 1.165) is 37.1 Å². The van der Waals surface area contributed by atoms with E-state index in [1.54, 1.807) is 26.3 Å². The summed E-state index contributed by atoms with van der Waals surface area (Å²) < 4.78 is 5.35. The highest BCUT2D eigenvalue weighted by atomic mass is 16.5. The van der Waals surface area contributed by atoms with Crippen LogP contribution in [0.1, 0.15) is 58.9 Å². The van der Waals surface area contributed by atoms with Crippen LogP contribution in [0.4, 0.5) is 5.82 Å². The van der Waals surface area contributed by atoms with Gasteiger partial charge >= 0.3 is 0 Å². The molecule has 0 saturated carbocycles. The Labute approximate surface area is 194 Å². The second kappa shape index (κ2) is 9.79. The van der Waals surface area contributed by atoms with Crippen molar-refractivity contribution >= 4 is 17.6 Å². The van der Waals surface area contributed by atoms with Crippen molar-refractivity contribution in [3.63, 3.8) is 0 Å². The third-order valence-corrected chi connectivity index (χ3v) is 6.74. The Morgan fingerprint density at radius 3 is 2.52 bits per heavy atom. The number of methoxy groups -OCH3 is 1. The van der Waals surface area contributed by atoms with Gasteiger partial charge in [-0.2, -0.15) is 0 Å². The number of aliphatic hydroxyl groups is 1. The first-order chi connectivity index (χ1) is 15.9. The Morgan fingerprint density at radius 1 is 1.18 bits per heavy atom. The minimum Gasteiger partial charge on any atom is -0.496 e. The molecule has 176 valence electrons. The molecule has 2 amide bonds. The maximum atomic E-state index is 12.9. The molecule has 2 fully saturated rings. The molecule has 1 aromatic carbocycles. The summed E-state index contributed by atoms with van der Waals surface area (Å²) in [5.74, 6) is 1.27. The van der Waals surface area contributed by atoms with E-state index in [1.807, 2.05) is 31.2 Å². The first-order valence-corrected chi connectivity index (χ1v) is 11.5. The van der Waals surface area contributed by atoms with E-state index >= 15 is 0 Å². The van der Waals surface area contributed by atoms with Gasteiger partial charge in [0.1, 0.15) is 11.6 Å². The fraction of sp³-hybridized carbons (Fsp3) is 0.480. The number of benzene rings is 1. The predicted molar refractivity (Wildman–Crippen MR) is 126 cm³/mol. The smallest absolute Gasteiger partial charge is 0.253 e. The molecule has 2 aromatic rings. The van der Waals surface area contributed by atoms with Crippen LogP contribution in [0.25, 0.3) is 0 Å². The molecular weight excluding hydrogens is 420 g/mol. The number of hydrogen-bond donors (Lipinski definition) is 3. The zero-order valence-corrected chi connectivity index (χ0v) is 19.4. The van der Waals surface area contributed by atoms with Gasteiger partial charge < -0.3 is 25.4 Å². The molecule has 4 atom stereocenters. The summed E-state index contributed by atoms with van der Waals surface area (Å²) in [6.07, 6.45) is 5.44. The molecule has 0 radical (unpaired) electrons. The van der Waals surface area contributed by atoms with Crippen molar-refractivity contribution in [2.24, 2.45) is 0 Å². The Bertz CT molecular complexity index is 996. The summed E-state index contributed by atoms with van der Waals surface area (Å²) in [5.41, 5.74) is 1.97. The average Bonchev–Trinajstić information content (AvgIpc) is 3.09. The van der Waals surface area contributed by atoms with E-state index in [9.17, 15) is 9.59 Å². The number of aliphatic hydroxyl groups excluding tert-OH is 1.